The van der Waals surface area contributed by atoms with Gasteiger partial charge >= 0.3 is 0 Å². The molecule has 0 saturated heterocycles. The first-order valence-corrected chi connectivity index (χ1v) is 6.45. The van der Waals surface area contributed by atoms with Gasteiger partial charge in [0.15, 0.2) is 0 Å². The fourth-order valence-electron chi connectivity index (χ4n) is 1.41. The van der Waals surface area contributed by atoms with Crippen LogP contribution in [0.25, 0.3) is 0 Å². The highest BCUT2D eigenvalue weighted by atomic mass is 79.9. The van der Waals surface area contributed by atoms with Gasteiger partial charge in [-0.3, -0.25) is 4.79 Å². The number of thiophene rings is 1. The molecule has 0 aliphatic carbocycles. The van der Waals surface area contributed by atoms with Crippen molar-refractivity contribution in [2.75, 3.05) is 5.73 Å². The van der Waals surface area contributed by atoms with Crippen molar-refractivity contribution >= 4 is 38.7 Å². The summed E-state index contributed by atoms with van der Waals surface area (Å²) >= 11 is 4.59. The molecule has 0 amide bonds. The van der Waals surface area contributed by atoms with E-state index >= 15 is 0 Å². The van der Waals surface area contributed by atoms with Crippen LogP contribution >= 0.6 is 27.3 Å². The molecule has 2 N–H and O–H groups in total. The molecule has 0 unspecified atom stereocenters. The van der Waals surface area contributed by atoms with Gasteiger partial charge in [-0.1, -0.05) is 0 Å². The van der Waals surface area contributed by atoms with E-state index < -0.39 is 5.82 Å². The van der Waals surface area contributed by atoms with Gasteiger partial charge in [0.2, 0.25) is 5.78 Å². The molecule has 0 fully saturated rings. The smallest absolute Gasteiger partial charge is 0.203 e. The van der Waals surface area contributed by atoms with E-state index in [4.69, 9.17) is 5.73 Å². The van der Waals surface area contributed by atoms with Gasteiger partial charge in [0.1, 0.15) is 5.82 Å². The van der Waals surface area contributed by atoms with Gasteiger partial charge in [-0.05, 0) is 47.1 Å². The van der Waals surface area contributed by atoms with Gasteiger partial charge in [0.05, 0.1) is 8.66 Å². The average molecular weight is 314 g/mol. The predicted octanol–water partition coefficient (Wildman–Crippen LogP) is 3.77. The molecule has 88 valence electrons. The van der Waals surface area contributed by atoms with Crippen molar-refractivity contribution in [3.05, 3.63) is 49.9 Å². The zero-order valence-corrected chi connectivity index (χ0v) is 11.4. The molecule has 1 aromatic heterocycles. The van der Waals surface area contributed by atoms with Crippen molar-refractivity contribution < 1.29 is 9.18 Å². The molecular weight excluding hydrogens is 305 g/mol. The Morgan fingerprint density at radius 3 is 2.65 bits per heavy atom. The molecule has 0 spiro atoms. The summed E-state index contributed by atoms with van der Waals surface area (Å²) in [5.41, 5.74) is 6.59. The molecule has 1 aromatic carbocycles. The highest BCUT2D eigenvalue weighted by Crippen LogP contribution is 2.26. The Morgan fingerprint density at radius 2 is 2.12 bits per heavy atom. The summed E-state index contributed by atoms with van der Waals surface area (Å²) in [5.74, 6) is -0.671. The number of anilines is 1. The monoisotopic (exact) mass is 313 g/mol. The highest BCUT2D eigenvalue weighted by molar-refractivity contribution is 9.11. The summed E-state index contributed by atoms with van der Waals surface area (Å²) in [5, 5.41) is 0. The van der Waals surface area contributed by atoms with Gasteiger partial charge in [-0.2, -0.15) is 0 Å². The second kappa shape index (κ2) is 4.58. The number of benzene rings is 1. The van der Waals surface area contributed by atoms with Gasteiger partial charge in [0, 0.05) is 16.8 Å². The molecule has 2 rings (SSSR count). The minimum atomic E-state index is -0.455. The predicted molar refractivity (Wildman–Crippen MR) is 71.0 cm³/mol. The summed E-state index contributed by atoms with van der Waals surface area (Å²) in [6, 6.07) is 6.22. The largest absolute Gasteiger partial charge is 0.398 e. The lowest BCUT2D eigenvalue weighted by molar-refractivity contribution is 0.104. The van der Waals surface area contributed by atoms with Gasteiger partial charge in [0.25, 0.3) is 0 Å². The molecule has 5 heteroatoms. The Bertz CT molecular complexity index is 571. The van der Waals surface area contributed by atoms with Crippen molar-refractivity contribution in [2.45, 2.75) is 6.92 Å². The van der Waals surface area contributed by atoms with Crippen LogP contribution in [0.5, 0.6) is 0 Å². The first-order valence-electron chi connectivity index (χ1n) is 4.84. The van der Waals surface area contributed by atoms with E-state index in [9.17, 15) is 9.18 Å². The first-order chi connectivity index (χ1) is 7.99. The van der Waals surface area contributed by atoms with E-state index in [1.807, 2.05) is 0 Å². The number of nitrogens with two attached hydrogens (primary N) is 1. The zero-order chi connectivity index (χ0) is 12.6. The molecular formula is C12H9BrFNOS. The standard InChI is InChI=1S/C12H9BrFNOS/c1-6-8(14)4-7(5-9(6)15)12(16)10-2-3-11(13)17-10/h2-5H,15H2,1H3. The summed E-state index contributed by atoms with van der Waals surface area (Å²) in [4.78, 5) is 12.6. The van der Waals surface area contributed by atoms with Crippen LogP contribution in [-0.2, 0) is 0 Å². The van der Waals surface area contributed by atoms with Crippen molar-refractivity contribution in [3.8, 4) is 0 Å². The maximum Gasteiger partial charge on any atom is 0.203 e. The quantitative estimate of drug-likeness (QED) is 0.677. The van der Waals surface area contributed by atoms with Crippen LogP contribution in [-0.4, -0.2) is 5.78 Å². The SMILES string of the molecule is Cc1c(N)cc(C(=O)c2ccc(Br)s2)cc1F. The van der Waals surface area contributed by atoms with Crippen LogP contribution in [0.3, 0.4) is 0 Å². The Morgan fingerprint density at radius 1 is 1.41 bits per heavy atom. The normalized spacial score (nSPS) is 10.5. The number of hydrogen-bond acceptors (Lipinski definition) is 3. The van der Waals surface area contributed by atoms with Crippen LogP contribution in [0, 0.1) is 12.7 Å². The van der Waals surface area contributed by atoms with Crippen LogP contribution in [0.1, 0.15) is 20.8 Å². The first kappa shape index (κ1) is 12.3. The Balaban J connectivity index is 2.44. The van der Waals surface area contributed by atoms with Crippen LogP contribution in [0.15, 0.2) is 28.1 Å². The number of rotatable bonds is 2. The van der Waals surface area contributed by atoms with E-state index in [-0.39, 0.29) is 11.3 Å². The third-order valence-corrected chi connectivity index (χ3v) is 4.07. The van der Waals surface area contributed by atoms with Crippen molar-refractivity contribution in [3.63, 3.8) is 0 Å². The maximum absolute atomic E-state index is 13.5. The van der Waals surface area contributed by atoms with E-state index in [2.05, 4.69) is 15.9 Å². The van der Waals surface area contributed by atoms with E-state index in [1.54, 1.807) is 19.1 Å². The molecule has 2 nitrogen and oxygen atoms in total. The molecule has 1 heterocycles. The maximum atomic E-state index is 13.5. The summed E-state index contributed by atoms with van der Waals surface area (Å²) < 4.78 is 14.3. The lowest BCUT2D eigenvalue weighted by Gasteiger charge is -2.05. The van der Waals surface area contributed by atoms with Crippen molar-refractivity contribution in [2.24, 2.45) is 0 Å². The minimum Gasteiger partial charge on any atom is -0.398 e. The van der Waals surface area contributed by atoms with Gasteiger partial charge in [-0.15, -0.1) is 11.3 Å². The molecule has 0 radical (unpaired) electrons. The lowest BCUT2D eigenvalue weighted by Crippen LogP contribution is -2.03. The van der Waals surface area contributed by atoms with E-state index in [0.717, 1.165) is 3.79 Å². The number of ketones is 1. The van der Waals surface area contributed by atoms with E-state index in [0.29, 0.717) is 16.1 Å². The van der Waals surface area contributed by atoms with Crippen LogP contribution < -0.4 is 5.73 Å². The zero-order valence-electron chi connectivity index (χ0n) is 8.96. The van der Waals surface area contributed by atoms with Crippen molar-refractivity contribution in [1.82, 2.24) is 0 Å². The van der Waals surface area contributed by atoms with Gasteiger partial charge < -0.3 is 5.73 Å². The third kappa shape index (κ3) is 2.40. The number of hydrogen-bond donors (Lipinski definition) is 1. The molecule has 0 saturated carbocycles. The second-order valence-electron chi connectivity index (χ2n) is 3.61. The van der Waals surface area contributed by atoms with Gasteiger partial charge in [-0.25, -0.2) is 4.39 Å². The summed E-state index contributed by atoms with van der Waals surface area (Å²) in [6.07, 6.45) is 0. The molecule has 0 aliphatic heterocycles. The molecule has 0 aliphatic rings. The highest BCUT2D eigenvalue weighted by Gasteiger charge is 2.14. The van der Waals surface area contributed by atoms with E-state index in [1.165, 1.54) is 23.5 Å². The topological polar surface area (TPSA) is 43.1 Å². The second-order valence-corrected chi connectivity index (χ2v) is 6.07. The third-order valence-electron chi connectivity index (χ3n) is 2.44. The Hall–Kier alpha value is -1.20. The lowest BCUT2D eigenvalue weighted by atomic mass is 10.1. The molecule has 0 atom stereocenters. The Labute approximate surface area is 110 Å². The number of halogens is 2. The number of nitrogen functional groups attached to an aromatic ring is 1. The number of carbonyl (C=O) groups is 1. The molecule has 17 heavy (non-hydrogen) atoms. The summed E-state index contributed by atoms with van der Waals surface area (Å²) in [6.45, 7) is 1.58. The Kier molecular flexibility index (Phi) is 3.31. The van der Waals surface area contributed by atoms with Crippen LogP contribution in [0.2, 0.25) is 0 Å². The number of carbonyl (C=O) groups excluding carboxylic acids is 1. The fourth-order valence-corrected chi connectivity index (χ4v) is 2.76. The summed E-state index contributed by atoms with van der Waals surface area (Å²) in [7, 11) is 0. The van der Waals surface area contributed by atoms with Crippen molar-refractivity contribution in [1.29, 1.82) is 0 Å². The average Bonchev–Trinajstić information content (AvgIpc) is 2.71. The van der Waals surface area contributed by atoms with Crippen LogP contribution in [0.4, 0.5) is 10.1 Å². The molecule has 0 bridgehead atoms. The molecule has 2 aromatic rings. The fraction of sp³-hybridized carbons (Fsp3) is 0.0833. The minimum absolute atomic E-state index is 0.216.